The lowest BCUT2D eigenvalue weighted by atomic mass is 9.92. The summed E-state index contributed by atoms with van der Waals surface area (Å²) in [4.78, 5) is 13.7. The van der Waals surface area contributed by atoms with Crippen LogP contribution in [0.4, 0.5) is 0 Å². The van der Waals surface area contributed by atoms with Gasteiger partial charge in [0, 0.05) is 12.0 Å². The van der Waals surface area contributed by atoms with Gasteiger partial charge in [-0.05, 0) is 31.5 Å². The van der Waals surface area contributed by atoms with E-state index in [2.05, 4.69) is 5.16 Å². The molecule has 0 saturated carbocycles. The quantitative estimate of drug-likeness (QED) is 0.936. The van der Waals surface area contributed by atoms with Crippen molar-refractivity contribution >= 4 is 5.97 Å². The smallest absolute Gasteiger partial charge is 0.325 e. The number of carboxylic acids is 1. The Hall–Kier alpha value is -2.14. The van der Waals surface area contributed by atoms with E-state index in [0.717, 1.165) is 37.2 Å². The summed E-state index contributed by atoms with van der Waals surface area (Å²) in [6.07, 6.45) is 3.40. The number of carbonyl (C=O) groups is 1. The molecule has 0 spiro atoms. The molecule has 1 aliphatic heterocycles. The normalized spacial score (nSPS) is 18.5. The third kappa shape index (κ3) is 2.97. The SMILES string of the molecule is O=C(O)C(c1ccccc1)N1CCC(c2ccon2)CC1. The molecule has 5 heteroatoms. The zero-order valence-corrected chi connectivity index (χ0v) is 11.7. The van der Waals surface area contributed by atoms with Gasteiger partial charge in [-0.3, -0.25) is 9.69 Å². The van der Waals surface area contributed by atoms with E-state index in [9.17, 15) is 9.90 Å². The summed E-state index contributed by atoms with van der Waals surface area (Å²) in [6.45, 7) is 1.51. The number of hydrogen-bond donors (Lipinski definition) is 1. The van der Waals surface area contributed by atoms with Gasteiger partial charge in [0.25, 0.3) is 0 Å². The monoisotopic (exact) mass is 286 g/mol. The summed E-state index contributed by atoms with van der Waals surface area (Å²) in [5, 5.41) is 13.6. The van der Waals surface area contributed by atoms with Gasteiger partial charge < -0.3 is 9.63 Å². The van der Waals surface area contributed by atoms with Crippen molar-refractivity contribution in [1.29, 1.82) is 0 Å². The second-order valence-corrected chi connectivity index (χ2v) is 5.39. The molecule has 1 atom stereocenters. The van der Waals surface area contributed by atoms with Gasteiger partial charge in [-0.2, -0.15) is 0 Å². The minimum Gasteiger partial charge on any atom is -0.480 e. The number of hydrogen-bond acceptors (Lipinski definition) is 4. The van der Waals surface area contributed by atoms with Gasteiger partial charge >= 0.3 is 5.97 Å². The lowest BCUT2D eigenvalue weighted by Crippen LogP contribution is -2.39. The predicted molar refractivity (Wildman–Crippen MR) is 76.9 cm³/mol. The van der Waals surface area contributed by atoms with Crippen LogP contribution in [0, 0.1) is 0 Å². The zero-order chi connectivity index (χ0) is 14.7. The van der Waals surface area contributed by atoms with Gasteiger partial charge in [0.15, 0.2) is 0 Å². The van der Waals surface area contributed by atoms with Crippen LogP contribution in [-0.4, -0.2) is 34.2 Å². The predicted octanol–water partition coefficient (Wildman–Crippen LogP) is 2.68. The average molecular weight is 286 g/mol. The van der Waals surface area contributed by atoms with Crippen LogP contribution >= 0.6 is 0 Å². The van der Waals surface area contributed by atoms with Crippen molar-refractivity contribution in [1.82, 2.24) is 10.1 Å². The van der Waals surface area contributed by atoms with Gasteiger partial charge in [0.05, 0.1) is 5.69 Å². The highest BCUT2D eigenvalue weighted by atomic mass is 16.5. The van der Waals surface area contributed by atoms with Crippen LogP contribution in [0.3, 0.4) is 0 Å². The van der Waals surface area contributed by atoms with E-state index in [-0.39, 0.29) is 0 Å². The molecule has 2 aromatic rings. The van der Waals surface area contributed by atoms with Gasteiger partial charge in [-0.15, -0.1) is 0 Å². The Labute approximate surface area is 123 Å². The first-order valence-corrected chi connectivity index (χ1v) is 7.18. The van der Waals surface area contributed by atoms with Crippen molar-refractivity contribution in [3.05, 3.63) is 53.9 Å². The molecule has 21 heavy (non-hydrogen) atoms. The third-order valence-corrected chi connectivity index (χ3v) is 4.12. The maximum absolute atomic E-state index is 11.6. The van der Waals surface area contributed by atoms with Gasteiger partial charge in [0.1, 0.15) is 12.3 Å². The average Bonchev–Trinajstić information content (AvgIpc) is 3.03. The molecule has 1 aromatic heterocycles. The summed E-state index contributed by atoms with van der Waals surface area (Å²) < 4.78 is 4.89. The maximum Gasteiger partial charge on any atom is 0.325 e. The van der Waals surface area contributed by atoms with Crippen molar-refractivity contribution in [3.8, 4) is 0 Å². The molecule has 1 N–H and O–H groups in total. The number of likely N-dealkylation sites (tertiary alicyclic amines) is 1. The van der Waals surface area contributed by atoms with Crippen molar-refractivity contribution < 1.29 is 14.4 Å². The molecule has 3 rings (SSSR count). The van der Waals surface area contributed by atoms with Crippen LogP contribution < -0.4 is 0 Å². The van der Waals surface area contributed by atoms with Crippen LogP contribution in [0.15, 0.2) is 47.2 Å². The van der Waals surface area contributed by atoms with E-state index in [1.165, 1.54) is 0 Å². The zero-order valence-electron chi connectivity index (χ0n) is 11.7. The number of aromatic nitrogens is 1. The molecule has 1 fully saturated rings. The molecule has 0 amide bonds. The Kier molecular flexibility index (Phi) is 4.01. The molecule has 1 saturated heterocycles. The summed E-state index contributed by atoms with van der Waals surface area (Å²) in [5.74, 6) is -0.425. The van der Waals surface area contributed by atoms with Crippen molar-refractivity contribution in [3.63, 3.8) is 0 Å². The van der Waals surface area contributed by atoms with Crippen LogP contribution in [0.25, 0.3) is 0 Å². The van der Waals surface area contributed by atoms with Gasteiger partial charge in [-0.1, -0.05) is 35.5 Å². The summed E-state index contributed by atoms with van der Waals surface area (Å²) in [5.41, 5.74) is 1.81. The lowest BCUT2D eigenvalue weighted by molar-refractivity contribution is -0.144. The van der Waals surface area contributed by atoms with Crippen LogP contribution in [0.2, 0.25) is 0 Å². The molecule has 0 bridgehead atoms. The number of rotatable bonds is 4. The molecule has 2 heterocycles. The topological polar surface area (TPSA) is 66.6 Å². The molecule has 1 aromatic carbocycles. The fourth-order valence-electron chi connectivity index (χ4n) is 3.03. The van der Waals surface area contributed by atoms with Gasteiger partial charge in [0.2, 0.25) is 0 Å². The van der Waals surface area contributed by atoms with Crippen LogP contribution in [0.1, 0.15) is 36.1 Å². The number of nitrogens with zero attached hydrogens (tertiary/aromatic N) is 2. The van der Waals surface area contributed by atoms with Gasteiger partial charge in [-0.25, -0.2) is 0 Å². The largest absolute Gasteiger partial charge is 0.480 e. The second kappa shape index (κ2) is 6.10. The maximum atomic E-state index is 11.6. The van der Waals surface area contributed by atoms with E-state index >= 15 is 0 Å². The Balaban J connectivity index is 1.71. The Morgan fingerprint density at radius 1 is 1.24 bits per heavy atom. The first-order valence-electron chi connectivity index (χ1n) is 7.18. The Morgan fingerprint density at radius 3 is 2.52 bits per heavy atom. The first kappa shape index (κ1) is 13.8. The van der Waals surface area contributed by atoms with E-state index in [4.69, 9.17) is 4.52 Å². The third-order valence-electron chi connectivity index (χ3n) is 4.12. The minimum atomic E-state index is -0.791. The molecular weight excluding hydrogens is 268 g/mol. The summed E-state index contributed by atoms with van der Waals surface area (Å²) >= 11 is 0. The van der Waals surface area contributed by atoms with Crippen molar-refractivity contribution in [2.45, 2.75) is 24.8 Å². The number of aliphatic carboxylic acids is 1. The highest BCUT2D eigenvalue weighted by Gasteiger charge is 2.31. The van der Waals surface area contributed by atoms with Crippen LogP contribution in [0.5, 0.6) is 0 Å². The minimum absolute atomic E-state index is 0.366. The van der Waals surface area contributed by atoms with Crippen LogP contribution in [-0.2, 0) is 4.79 Å². The van der Waals surface area contributed by atoms with Crippen molar-refractivity contribution in [2.24, 2.45) is 0 Å². The van der Waals surface area contributed by atoms with E-state index in [1.807, 2.05) is 41.3 Å². The molecule has 110 valence electrons. The van der Waals surface area contributed by atoms with E-state index < -0.39 is 12.0 Å². The number of piperidine rings is 1. The number of benzene rings is 1. The molecular formula is C16H18N2O3. The second-order valence-electron chi connectivity index (χ2n) is 5.39. The van der Waals surface area contributed by atoms with Crippen molar-refractivity contribution in [2.75, 3.05) is 13.1 Å². The number of carboxylic acid groups (broad SMARTS) is 1. The highest BCUT2D eigenvalue weighted by Crippen LogP contribution is 2.31. The fraction of sp³-hybridized carbons (Fsp3) is 0.375. The molecule has 1 aliphatic rings. The molecule has 0 radical (unpaired) electrons. The first-order chi connectivity index (χ1) is 10.3. The highest BCUT2D eigenvalue weighted by molar-refractivity contribution is 5.75. The summed E-state index contributed by atoms with van der Waals surface area (Å²) in [7, 11) is 0. The van der Waals surface area contributed by atoms with E-state index in [0.29, 0.717) is 5.92 Å². The molecule has 0 aliphatic carbocycles. The Bertz CT molecular complexity index is 575. The Morgan fingerprint density at radius 2 is 1.95 bits per heavy atom. The molecule has 1 unspecified atom stereocenters. The van der Waals surface area contributed by atoms with E-state index in [1.54, 1.807) is 6.26 Å². The molecule has 5 nitrogen and oxygen atoms in total. The standard InChI is InChI=1S/C16H18N2O3/c19-16(20)15(13-4-2-1-3-5-13)18-9-6-12(7-10-18)14-8-11-21-17-14/h1-5,8,11-12,15H,6-7,9-10H2,(H,19,20). The summed E-state index contributed by atoms with van der Waals surface area (Å²) in [6, 6.07) is 10.8. The lowest BCUT2D eigenvalue weighted by Gasteiger charge is -2.35. The fourth-order valence-corrected chi connectivity index (χ4v) is 3.03.